The molecule has 0 unspecified atom stereocenters. The van der Waals surface area contributed by atoms with Crippen molar-refractivity contribution >= 4 is 5.78 Å². The topological polar surface area (TPSA) is 43.1 Å². The minimum atomic E-state index is -0.236. The molecule has 2 heteroatoms. The fourth-order valence-electron chi connectivity index (χ4n) is 1.18. The zero-order chi connectivity index (χ0) is 8.20. The van der Waals surface area contributed by atoms with Gasteiger partial charge in [0.05, 0.1) is 0 Å². The van der Waals surface area contributed by atoms with Crippen LogP contribution < -0.4 is 5.73 Å². The lowest BCUT2D eigenvalue weighted by atomic mass is 9.79. The average Bonchev–Trinajstić information content (AvgIpc) is 1.92. The maximum atomic E-state index is 11.1. The Hall–Kier alpha value is -0.370. The normalized spacial score (nSPS) is 11.6. The van der Waals surface area contributed by atoms with E-state index in [0.29, 0.717) is 6.54 Å². The Bertz CT molecular complexity index is 108. The van der Waals surface area contributed by atoms with E-state index in [2.05, 4.69) is 0 Å². The fraction of sp³-hybridized carbons (Fsp3) is 0.875. The lowest BCUT2D eigenvalue weighted by Crippen LogP contribution is -2.35. The predicted molar refractivity (Wildman–Crippen MR) is 42.8 cm³/mol. The molecule has 0 fully saturated rings. The van der Waals surface area contributed by atoms with Crippen LogP contribution in [-0.4, -0.2) is 12.3 Å². The van der Waals surface area contributed by atoms with Gasteiger partial charge in [0, 0.05) is 12.0 Å². The number of ketones is 1. The number of hydrogen-bond donors (Lipinski definition) is 1. The second kappa shape index (κ2) is 3.71. The molecule has 0 aromatic rings. The van der Waals surface area contributed by atoms with Crippen molar-refractivity contribution in [3.63, 3.8) is 0 Å². The highest BCUT2D eigenvalue weighted by Gasteiger charge is 2.29. The molecule has 0 bridgehead atoms. The molecule has 0 spiro atoms. The molecule has 0 aliphatic carbocycles. The van der Waals surface area contributed by atoms with Crippen molar-refractivity contribution in [1.29, 1.82) is 0 Å². The summed E-state index contributed by atoms with van der Waals surface area (Å²) in [7, 11) is 0. The van der Waals surface area contributed by atoms with Crippen LogP contribution in [0.15, 0.2) is 0 Å². The van der Waals surface area contributed by atoms with Crippen LogP contribution in [-0.2, 0) is 4.79 Å². The Kier molecular flexibility index (Phi) is 3.58. The first-order valence-electron chi connectivity index (χ1n) is 3.84. The van der Waals surface area contributed by atoms with Gasteiger partial charge in [-0.05, 0) is 19.8 Å². The van der Waals surface area contributed by atoms with E-state index in [1.54, 1.807) is 6.92 Å². The first kappa shape index (κ1) is 9.63. The Morgan fingerprint density at radius 2 is 1.80 bits per heavy atom. The van der Waals surface area contributed by atoms with E-state index in [-0.39, 0.29) is 11.2 Å². The number of Topliss-reactive ketones (excluding diaryl/α,β-unsaturated/α-hetero) is 1. The summed E-state index contributed by atoms with van der Waals surface area (Å²) in [5, 5.41) is 0. The highest BCUT2D eigenvalue weighted by molar-refractivity contribution is 5.82. The standard InChI is InChI=1S/C8H17NO/c1-4-8(5-2,6-9)7(3)10/h4-6,9H2,1-3H3. The number of nitrogens with two attached hydrogens (primary N) is 1. The fourth-order valence-corrected chi connectivity index (χ4v) is 1.18. The summed E-state index contributed by atoms with van der Waals surface area (Å²) < 4.78 is 0. The average molecular weight is 143 g/mol. The molecule has 0 aliphatic rings. The molecule has 0 amide bonds. The second-order valence-corrected chi connectivity index (χ2v) is 2.75. The van der Waals surface area contributed by atoms with E-state index in [9.17, 15) is 4.79 Å². The summed E-state index contributed by atoms with van der Waals surface area (Å²) in [6, 6.07) is 0. The summed E-state index contributed by atoms with van der Waals surface area (Å²) in [6.45, 7) is 6.13. The molecule has 60 valence electrons. The molecule has 0 rings (SSSR count). The van der Waals surface area contributed by atoms with Crippen molar-refractivity contribution in [2.24, 2.45) is 11.1 Å². The zero-order valence-electron chi connectivity index (χ0n) is 7.11. The van der Waals surface area contributed by atoms with E-state index in [0.717, 1.165) is 12.8 Å². The highest BCUT2D eigenvalue weighted by Crippen LogP contribution is 2.25. The Balaban J connectivity index is 4.31. The molecule has 0 saturated carbocycles. The van der Waals surface area contributed by atoms with Crippen molar-refractivity contribution in [2.75, 3.05) is 6.54 Å². The van der Waals surface area contributed by atoms with Gasteiger partial charge in [-0.3, -0.25) is 4.79 Å². The van der Waals surface area contributed by atoms with Crippen LogP contribution in [0.1, 0.15) is 33.6 Å². The van der Waals surface area contributed by atoms with Crippen LogP contribution in [0, 0.1) is 5.41 Å². The molecule has 10 heavy (non-hydrogen) atoms. The van der Waals surface area contributed by atoms with Crippen LogP contribution in [0.2, 0.25) is 0 Å². The molecule has 0 saturated heterocycles. The van der Waals surface area contributed by atoms with Gasteiger partial charge in [0.25, 0.3) is 0 Å². The summed E-state index contributed by atoms with van der Waals surface area (Å²) >= 11 is 0. The Labute approximate surface area is 62.8 Å². The molecule has 0 aromatic heterocycles. The van der Waals surface area contributed by atoms with E-state index < -0.39 is 0 Å². The lowest BCUT2D eigenvalue weighted by Gasteiger charge is -2.26. The van der Waals surface area contributed by atoms with Crippen molar-refractivity contribution in [3.05, 3.63) is 0 Å². The van der Waals surface area contributed by atoms with Gasteiger partial charge in [0.15, 0.2) is 0 Å². The SMILES string of the molecule is CCC(CC)(CN)C(C)=O. The zero-order valence-corrected chi connectivity index (χ0v) is 7.11. The summed E-state index contributed by atoms with van der Waals surface area (Å²) in [5.41, 5.74) is 5.27. The van der Waals surface area contributed by atoms with Gasteiger partial charge < -0.3 is 5.73 Å². The molecular weight excluding hydrogens is 126 g/mol. The second-order valence-electron chi connectivity index (χ2n) is 2.75. The van der Waals surface area contributed by atoms with E-state index in [1.807, 2.05) is 13.8 Å². The highest BCUT2D eigenvalue weighted by atomic mass is 16.1. The van der Waals surface area contributed by atoms with Gasteiger partial charge in [-0.25, -0.2) is 0 Å². The van der Waals surface area contributed by atoms with Crippen LogP contribution in [0.25, 0.3) is 0 Å². The molecule has 0 aromatic carbocycles. The molecule has 0 atom stereocenters. The predicted octanol–water partition coefficient (Wildman–Crippen LogP) is 1.34. The van der Waals surface area contributed by atoms with Crippen molar-refractivity contribution in [3.8, 4) is 0 Å². The third kappa shape index (κ3) is 1.57. The third-order valence-electron chi connectivity index (χ3n) is 2.49. The van der Waals surface area contributed by atoms with Gasteiger partial charge in [0.2, 0.25) is 0 Å². The Morgan fingerprint density at radius 1 is 1.40 bits per heavy atom. The number of carbonyl (C=O) groups is 1. The third-order valence-corrected chi connectivity index (χ3v) is 2.49. The maximum Gasteiger partial charge on any atom is 0.137 e. The smallest absolute Gasteiger partial charge is 0.137 e. The largest absolute Gasteiger partial charge is 0.329 e. The first-order valence-corrected chi connectivity index (χ1v) is 3.84. The van der Waals surface area contributed by atoms with Crippen LogP contribution in [0.4, 0.5) is 0 Å². The number of carbonyl (C=O) groups excluding carboxylic acids is 1. The minimum Gasteiger partial charge on any atom is -0.329 e. The van der Waals surface area contributed by atoms with Crippen molar-refractivity contribution in [2.45, 2.75) is 33.6 Å². The van der Waals surface area contributed by atoms with Crippen LogP contribution >= 0.6 is 0 Å². The number of hydrogen-bond acceptors (Lipinski definition) is 2. The van der Waals surface area contributed by atoms with Crippen molar-refractivity contribution in [1.82, 2.24) is 0 Å². The van der Waals surface area contributed by atoms with Gasteiger partial charge in [0.1, 0.15) is 5.78 Å². The quantitative estimate of drug-likeness (QED) is 0.645. The number of rotatable bonds is 4. The first-order chi connectivity index (χ1) is 4.63. The van der Waals surface area contributed by atoms with Gasteiger partial charge >= 0.3 is 0 Å². The van der Waals surface area contributed by atoms with Crippen molar-refractivity contribution < 1.29 is 4.79 Å². The maximum absolute atomic E-state index is 11.1. The van der Waals surface area contributed by atoms with E-state index in [4.69, 9.17) is 5.73 Å². The molecule has 0 aliphatic heterocycles. The summed E-state index contributed by atoms with van der Waals surface area (Å²) in [4.78, 5) is 11.1. The van der Waals surface area contributed by atoms with Gasteiger partial charge in [-0.1, -0.05) is 13.8 Å². The monoisotopic (exact) mass is 143 g/mol. The van der Waals surface area contributed by atoms with E-state index >= 15 is 0 Å². The van der Waals surface area contributed by atoms with Crippen LogP contribution in [0.5, 0.6) is 0 Å². The minimum absolute atomic E-state index is 0.222. The van der Waals surface area contributed by atoms with E-state index in [1.165, 1.54) is 0 Å². The Morgan fingerprint density at radius 3 is 1.80 bits per heavy atom. The molecule has 0 radical (unpaired) electrons. The molecule has 2 N–H and O–H groups in total. The van der Waals surface area contributed by atoms with Crippen LogP contribution in [0.3, 0.4) is 0 Å². The van der Waals surface area contributed by atoms with Gasteiger partial charge in [-0.2, -0.15) is 0 Å². The lowest BCUT2D eigenvalue weighted by molar-refractivity contribution is -0.126. The van der Waals surface area contributed by atoms with Gasteiger partial charge in [-0.15, -0.1) is 0 Å². The summed E-state index contributed by atoms with van der Waals surface area (Å²) in [6.07, 6.45) is 1.71. The molecule has 0 heterocycles. The molecule has 2 nitrogen and oxygen atoms in total. The molecular formula is C8H17NO. The summed E-state index contributed by atoms with van der Waals surface area (Å²) in [5.74, 6) is 0.222.